The minimum Gasteiger partial charge on any atom is -0.396 e. The van der Waals surface area contributed by atoms with Gasteiger partial charge in [-0.15, -0.1) is 0 Å². The Labute approximate surface area is 84.2 Å². The maximum atomic E-state index is 8.96. The van der Waals surface area contributed by atoms with Crippen molar-refractivity contribution in [3.8, 4) is 0 Å². The number of benzene rings is 1. The normalized spacial score (nSPS) is 12.8. The molecule has 0 saturated carbocycles. The van der Waals surface area contributed by atoms with Gasteiger partial charge in [-0.05, 0) is 17.4 Å². The fourth-order valence-electron chi connectivity index (χ4n) is 1.21. The van der Waals surface area contributed by atoms with Gasteiger partial charge in [-0.1, -0.05) is 31.2 Å². The Bertz CT molecular complexity index is 243. The highest BCUT2D eigenvalue weighted by molar-refractivity contribution is 7.97. The Hall–Kier alpha value is -0.470. The number of rotatable bonds is 4. The summed E-state index contributed by atoms with van der Waals surface area (Å²) in [5, 5.41) is 8.96. The molecule has 0 amide bonds. The molecule has 0 spiro atoms. The Morgan fingerprint density at radius 2 is 1.92 bits per heavy atom. The molecular weight excluding hydrogens is 180 g/mol. The molecule has 1 atom stereocenters. The Morgan fingerprint density at radius 1 is 1.31 bits per heavy atom. The van der Waals surface area contributed by atoms with Crippen molar-refractivity contribution in [2.24, 2.45) is 0 Å². The molecule has 1 nitrogen and oxygen atoms in total. The summed E-state index contributed by atoms with van der Waals surface area (Å²) >= 11 is 1.83. The predicted octanol–water partition coefficient (Wildman–Crippen LogP) is 2.65. The van der Waals surface area contributed by atoms with Crippen LogP contribution in [0.25, 0.3) is 0 Å². The first-order valence-corrected chi connectivity index (χ1v) is 5.86. The van der Waals surface area contributed by atoms with Gasteiger partial charge in [0.2, 0.25) is 0 Å². The number of thioether (sulfide) groups is 1. The second-order valence-electron chi connectivity index (χ2n) is 3.26. The van der Waals surface area contributed by atoms with E-state index >= 15 is 0 Å². The lowest BCUT2D eigenvalue weighted by Crippen LogP contribution is -1.98. The molecule has 0 fully saturated rings. The van der Waals surface area contributed by atoms with Crippen molar-refractivity contribution in [1.82, 2.24) is 0 Å². The zero-order chi connectivity index (χ0) is 9.68. The van der Waals surface area contributed by atoms with Crippen LogP contribution in [-0.4, -0.2) is 18.0 Å². The maximum absolute atomic E-state index is 8.96. The number of hydrogen-bond donors (Lipinski definition) is 1. The third-order valence-electron chi connectivity index (χ3n) is 2.13. The van der Waals surface area contributed by atoms with Gasteiger partial charge >= 0.3 is 0 Å². The quantitative estimate of drug-likeness (QED) is 0.799. The van der Waals surface area contributed by atoms with Crippen LogP contribution in [0.4, 0.5) is 0 Å². The lowest BCUT2D eigenvalue weighted by atomic mass is 10.0. The molecule has 0 aliphatic heterocycles. The standard InChI is InChI=1S/C11H16OS/c1-9(7-12)11-5-3-10(4-6-11)8-13-2/h3-6,9,12H,7-8H2,1-2H3. The highest BCUT2D eigenvalue weighted by Crippen LogP contribution is 2.16. The molecular formula is C11H16OS. The summed E-state index contributed by atoms with van der Waals surface area (Å²) in [6, 6.07) is 8.48. The SMILES string of the molecule is CSCc1ccc(C(C)CO)cc1. The van der Waals surface area contributed by atoms with Gasteiger partial charge < -0.3 is 5.11 Å². The smallest absolute Gasteiger partial charge is 0.0497 e. The minimum absolute atomic E-state index is 0.224. The molecule has 1 unspecified atom stereocenters. The number of aliphatic hydroxyl groups is 1. The van der Waals surface area contributed by atoms with Crippen LogP contribution >= 0.6 is 11.8 Å². The van der Waals surface area contributed by atoms with Gasteiger partial charge in [0.05, 0.1) is 0 Å². The molecule has 0 radical (unpaired) electrons. The molecule has 0 aliphatic carbocycles. The molecule has 72 valence electrons. The van der Waals surface area contributed by atoms with E-state index in [1.807, 2.05) is 18.7 Å². The minimum atomic E-state index is 0.224. The summed E-state index contributed by atoms with van der Waals surface area (Å²) in [5.41, 5.74) is 2.56. The van der Waals surface area contributed by atoms with Crippen LogP contribution in [0, 0.1) is 0 Å². The van der Waals surface area contributed by atoms with Crippen LogP contribution in [0.15, 0.2) is 24.3 Å². The third kappa shape index (κ3) is 3.05. The Balaban J connectivity index is 2.69. The topological polar surface area (TPSA) is 20.2 Å². The molecule has 0 heterocycles. The Morgan fingerprint density at radius 3 is 2.38 bits per heavy atom. The zero-order valence-corrected chi connectivity index (χ0v) is 8.97. The van der Waals surface area contributed by atoms with Gasteiger partial charge in [-0.25, -0.2) is 0 Å². The van der Waals surface area contributed by atoms with Crippen LogP contribution < -0.4 is 0 Å². The number of aliphatic hydroxyl groups excluding tert-OH is 1. The molecule has 0 aromatic heterocycles. The van der Waals surface area contributed by atoms with E-state index in [4.69, 9.17) is 5.11 Å². The van der Waals surface area contributed by atoms with Crippen molar-refractivity contribution in [1.29, 1.82) is 0 Å². The predicted molar refractivity (Wildman–Crippen MR) is 59.2 cm³/mol. The average molecular weight is 196 g/mol. The van der Waals surface area contributed by atoms with E-state index in [0.717, 1.165) is 5.75 Å². The van der Waals surface area contributed by atoms with Crippen molar-refractivity contribution in [2.75, 3.05) is 12.9 Å². The van der Waals surface area contributed by atoms with E-state index in [2.05, 4.69) is 30.5 Å². The van der Waals surface area contributed by atoms with Crippen LogP contribution in [0.1, 0.15) is 24.0 Å². The van der Waals surface area contributed by atoms with Crippen LogP contribution in [0.2, 0.25) is 0 Å². The van der Waals surface area contributed by atoms with E-state index in [-0.39, 0.29) is 12.5 Å². The van der Waals surface area contributed by atoms with Gasteiger partial charge in [0.15, 0.2) is 0 Å². The van der Waals surface area contributed by atoms with Crippen molar-refractivity contribution < 1.29 is 5.11 Å². The molecule has 1 N–H and O–H groups in total. The van der Waals surface area contributed by atoms with E-state index in [9.17, 15) is 0 Å². The van der Waals surface area contributed by atoms with E-state index in [1.165, 1.54) is 11.1 Å². The average Bonchev–Trinajstić information content (AvgIpc) is 2.18. The second-order valence-corrected chi connectivity index (χ2v) is 4.12. The van der Waals surface area contributed by atoms with Crippen LogP contribution in [0.5, 0.6) is 0 Å². The first-order valence-electron chi connectivity index (χ1n) is 4.46. The molecule has 13 heavy (non-hydrogen) atoms. The monoisotopic (exact) mass is 196 g/mol. The van der Waals surface area contributed by atoms with Crippen molar-refractivity contribution in [2.45, 2.75) is 18.6 Å². The Kier molecular flexibility index (Phi) is 4.33. The molecule has 0 aliphatic rings. The van der Waals surface area contributed by atoms with Gasteiger partial charge in [0.1, 0.15) is 0 Å². The fourth-order valence-corrected chi connectivity index (χ4v) is 1.74. The molecule has 1 rings (SSSR count). The summed E-state index contributed by atoms with van der Waals surface area (Å²) < 4.78 is 0. The van der Waals surface area contributed by atoms with Crippen molar-refractivity contribution >= 4 is 11.8 Å². The number of hydrogen-bond acceptors (Lipinski definition) is 2. The summed E-state index contributed by atoms with van der Waals surface area (Å²) in [6.45, 7) is 2.26. The van der Waals surface area contributed by atoms with E-state index in [1.54, 1.807) is 0 Å². The largest absolute Gasteiger partial charge is 0.396 e. The molecule has 2 heteroatoms. The van der Waals surface area contributed by atoms with Gasteiger partial charge in [-0.2, -0.15) is 11.8 Å². The molecule has 1 aromatic rings. The van der Waals surface area contributed by atoms with E-state index < -0.39 is 0 Å². The summed E-state index contributed by atoms with van der Waals surface area (Å²) in [7, 11) is 0. The van der Waals surface area contributed by atoms with E-state index in [0.29, 0.717) is 0 Å². The highest BCUT2D eigenvalue weighted by atomic mass is 32.2. The van der Waals surface area contributed by atoms with Gasteiger partial charge in [-0.3, -0.25) is 0 Å². The summed E-state index contributed by atoms with van der Waals surface area (Å²) in [5.74, 6) is 1.32. The first-order chi connectivity index (χ1) is 6.27. The van der Waals surface area contributed by atoms with Crippen LogP contribution in [0.3, 0.4) is 0 Å². The lowest BCUT2D eigenvalue weighted by molar-refractivity contribution is 0.273. The van der Waals surface area contributed by atoms with Crippen LogP contribution in [-0.2, 0) is 5.75 Å². The summed E-state index contributed by atoms with van der Waals surface area (Å²) in [4.78, 5) is 0. The fraction of sp³-hybridized carbons (Fsp3) is 0.455. The van der Waals surface area contributed by atoms with Crippen molar-refractivity contribution in [3.05, 3.63) is 35.4 Å². The van der Waals surface area contributed by atoms with Gasteiger partial charge in [0.25, 0.3) is 0 Å². The molecule has 0 saturated heterocycles. The third-order valence-corrected chi connectivity index (χ3v) is 2.76. The first kappa shape index (κ1) is 10.6. The second kappa shape index (κ2) is 5.30. The van der Waals surface area contributed by atoms with Crippen molar-refractivity contribution in [3.63, 3.8) is 0 Å². The maximum Gasteiger partial charge on any atom is 0.0497 e. The summed E-state index contributed by atoms with van der Waals surface area (Å²) in [6.07, 6.45) is 2.10. The molecule has 0 bridgehead atoms. The van der Waals surface area contributed by atoms with Gasteiger partial charge in [0, 0.05) is 18.3 Å². The highest BCUT2D eigenvalue weighted by Gasteiger charge is 2.02. The lowest BCUT2D eigenvalue weighted by Gasteiger charge is -2.08. The molecule has 1 aromatic carbocycles. The zero-order valence-electron chi connectivity index (χ0n) is 8.16.